The molecule has 3 nitrogen and oxygen atoms in total. The Morgan fingerprint density at radius 1 is 1.54 bits per heavy atom. The second-order valence-electron chi connectivity index (χ2n) is 4.32. The Hall–Kier alpha value is -1.12. The average molecular weight is 180 g/mol. The van der Waals surface area contributed by atoms with Gasteiger partial charge >= 0.3 is 0 Å². The van der Waals surface area contributed by atoms with E-state index in [1.165, 1.54) is 0 Å². The highest BCUT2D eigenvalue weighted by Crippen LogP contribution is 2.13. The van der Waals surface area contributed by atoms with Crippen LogP contribution in [0.25, 0.3) is 0 Å². The fraction of sp³-hybridized carbons (Fsp3) is 0.600. The van der Waals surface area contributed by atoms with Crippen molar-refractivity contribution in [2.75, 3.05) is 0 Å². The van der Waals surface area contributed by atoms with E-state index in [0.29, 0.717) is 6.42 Å². The second kappa shape index (κ2) is 3.32. The van der Waals surface area contributed by atoms with Crippen molar-refractivity contribution in [2.24, 2.45) is 0 Å². The van der Waals surface area contributed by atoms with Crippen LogP contribution in [0.3, 0.4) is 0 Å². The summed E-state index contributed by atoms with van der Waals surface area (Å²) < 4.78 is 2.02. The Morgan fingerprint density at radius 2 is 2.15 bits per heavy atom. The Labute approximate surface area is 78.8 Å². The smallest absolute Gasteiger partial charge is 0.135 e. The normalized spacial score (nSPS) is 11.7. The lowest BCUT2D eigenvalue weighted by molar-refractivity contribution is -0.116. The Bertz CT molecular complexity index is 307. The molecular formula is C10H16N2O. The number of hydrogen-bond acceptors (Lipinski definition) is 2. The lowest BCUT2D eigenvalue weighted by atomic mass is 10.1. The summed E-state index contributed by atoms with van der Waals surface area (Å²) in [6.07, 6.45) is 4.14. The number of carbonyl (C=O) groups excluding carboxylic acids is 1. The molecule has 0 radical (unpaired) electrons. The molecule has 0 aliphatic carbocycles. The zero-order valence-electron chi connectivity index (χ0n) is 8.66. The predicted molar refractivity (Wildman–Crippen MR) is 51.6 cm³/mol. The van der Waals surface area contributed by atoms with Crippen molar-refractivity contribution in [1.29, 1.82) is 0 Å². The summed E-state index contributed by atoms with van der Waals surface area (Å²) in [5.41, 5.74) is 0.893. The molecule has 0 N–H and O–H groups in total. The van der Waals surface area contributed by atoms with Gasteiger partial charge in [0.2, 0.25) is 0 Å². The van der Waals surface area contributed by atoms with Crippen LogP contribution in [-0.4, -0.2) is 15.3 Å². The van der Waals surface area contributed by atoms with Crippen LogP contribution in [0, 0.1) is 0 Å². The molecule has 0 aromatic carbocycles. The van der Waals surface area contributed by atoms with Crippen molar-refractivity contribution in [2.45, 2.75) is 39.7 Å². The van der Waals surface area contributed by atoms with E-state index in [1.807, 2.05) is 10.8 Å². The van der Waals surface area contributed by atoms with Crippen LogP contribution in [0.1, 0.15) is 33.4 Å². The van der Waals surface area contributed by atoms with Gasteiger partial charge in [-0.25, -0.2) is 4.98 Å². The van der Waals surface area contributed by atoms with E-state index in [1.54, 1.807) is 13.3 Å². The molecule has 0 fully saturated rings. The highest BCUT2D eigenvalue weighted by molar-refractivity contribution is 5.77. The van der Waals surface area contributed by atoms with Gasteiger partial charge in [0.05, 0.1) is 12.0 Å². The van der Waals surface area contributed by atoms with E-state index in [2.05, 4.69) is 25.8 Å². The van der Waals surface area contributed by atoms with Gasteiger partial charge < -0.3 is 4.57 Å². The number of Topliss-reactive ketones (excluding diaryl/α,β-unsaturated/α-hetero) is 1. The summed E-state index contributed by atoms with van der Waals surface area (Å²) in [6, 6.07) is 0. The molecule has 0 amide bonds. The number of imidazole rings is 1. The number of aromatic nitrogens is 2. The van der Waals surface area contributed by atoms with Gasteiger partial charge in [-0.2, -0.15) is 0 Å². The Morgan fingerprint density at radius 3 is 2.54 bits per heavy atom. The second-order valence-corrected chi connectivity index (χ2v) is 4.32. The first kappa shape index (κ1) is 9.96. The van der Waals surface area contributed by atoms with Crippen molar-refractivity contribution in [3.63, 3.8) is 0 Å². The van der Waals surface area contributed by atoms with Gasteiger partial charge in [0.25, 0.3) is 0 Å². The third kappa shape index (κ3) is 2.68. The number of hydrogen-bond donors (Lipinski definition) is 0. The van der Waals surface area contributed by atoms with Crippen molar-refractivity contribution in [1.82, 2.24) is 9.55 Å². The molecule has 0 aliphatic heterocycles. The lowest BCUT2D eigenvalue weighted by Crippen LogP contribution is -2.19. The summed E-state index contributed by atoms with van der Waals surface area (Å²) in [5.74, 6) is 0.152. The van der Waals surface area contributed by atoms with Crippen LogP contribution in [0.5, 0.6) is 0 Å². The minimum atomic E-state index is 0.0437. The first-order valence-corrected chi connectivity index (χ1v) is 4.42. The quantitative estimate of drug-likeness (QED) is 0.695. The highest BCUT2D eigenvalue weighted by atomic mass is 16.1. The lowest BCUT2D eigenvalue weighted by Gasteiger charge is -2.19. The topological polar surface area (TPSA) is 34.9 Å². The first-order valence-electron chi connectivity index (χ1n) is 4.42. The fourth-order valence-corrected chi connectivity index (χ4v) is 1.08. The van der Waals surface area contributed by atoms with E-state index in [-0.39, 0.29) is 11.3 Å². The summed E-state index contributed by atoms with van der Waals surface area (Å²) in [5, 5.41) is 0. The van der Waals surface area contributed by atoms with Crippen LogP contribution in [0.4, 0.5) is 0 Å². The zero-order valence-corrected chi connectivity index (χ0v) is 8.66. The van der Waals surface area contributed by atoms with Crippen LogP contribution < -0.4 is 0 Å². The number of rotatable bonds is 2. The zero-order chi connectivity index (χ0) is 10.1. The maximum absolute atomic E-state index is 10.8. The van der Waals surface area contributed by atoms with Crippen molar-refractivity contribution in [3.05, 3.63) is 18.2 Å². The van der Waals surface area contributed by atoms with Gasteiger partial charge in [-0.05, 0) is 27.7 Å². The maximum Gasteiger partial charge on any atom is 0.135 e. The molecule has 0 bridgehead atoms. The standard InChI is InChI=1S/C10H16N2O/c1-8(13)5-9-6-12(7-11-9)10(2,3)4/h6-7H,5H2,1-4H3. The van der Waals surface area contributed by atoms with Crippen LogP contribution in [-0.2, 0) is 16.8 Å². The molecule has 1 aromatic heterocycles. The molecule has 0 aliphatic rings. The number of nitrogens with zero attached hydrogens (tertiary/aromatic N) is 2. The molecule has 0 spiro atoms. The first-order chi connectivity index (χ1) is 5.89. The number of ketones is 1. The van der Waals surface area contributed by atoms with E-state index in [9.17, 15) is 4.79 Å². The van der Waals surface area contributed by atoms with Gasteiger partial charge in [0.1, 0.15) is 5.78 Å². The Balaban J connectivity index is 2.81. The van der Waals surface area contributed by atoms with Crippen LogP contribution >= 0.6 is 0 Å². The highest BCUT2D eigenvalue weighted by Gasteiger charge is 2.13. The van der Waals surface area contributed by atoms with E-state index < -0.39 is 0 Å². The van der Waals surface area contributed by atoms with Crippen molar-refractivity contribution < 1.29 is 4.79 Å². The molecule has 0 unspecified atom stereocenters. The van der Waals surface area contributed by atoms with Gasteiger partial charge in [0.15, 0.2) is 0 Å². The molecule has 1 heterocycles. The largest absolute Gasteiger partial charge is 0.332 e. The minimum absolute atomic E-state index is 0.0437. The predicted octanol–water partition coefficient (Wildman–Crippen LogP) is 1.77. The minimum Gasteiger partial charge on any atom is -0.332 e. The molecule has 1 rings (SSSR count). The fourth-order valence-electron chi connectivity index (χ4n) is 1.08. The van der Waals surface area contributed by atoms with E-state index in [4.69, 9.17) is 0 Å². The van der Waals surface area contributed by atoms with Gasteiger partial charge in [0, 0.05) is 18.2 Å². The van der Waals surface area contributed by atoms with Gasteiger partial charge in [-0.3, -0.25) is 4.79 Å². The number of carbonyl (C=O) groups is 1. The molecule has 13 heavy (non-hydrogen) atoms. The molecule has 0 saturated heterocycles. The average Bonchev–Trinajstić information content (AvgIpc) is 2.32. The third-order valence-corrected chi connectivity index (χ3v) is 1.84. The summed E-state index contributed by atoms with van der Waals surface area (Å²) >= 11 is 0. The summed E-state index contributed by atoms with van der Waals surface area (Å²) in [7, 11) is 0. The van der Waals surface area contributed by atoms with Crippen molar-refractivity contribution in [3.8, 4) is 0 Å². The molecule has 72 valence electrons. The third-order valence-electron chi connectivity index (χ3n) is 1.84. The maximum atomic E-state index is 10.8. The molecular weight excluding hydrogens is 164 g/mol. The Kier molecular flexibility index (Phi) is 2.55. The van der Waals surface area contributed by atoms with Crippen molar-refractivity contribution >= 4 is 5.78 Å². The molecule has 1 aromatic rings. The van der Waals surface area contributed by atoms with Gasteiger partial charge in [-0.15, -0.1) is 0 Å². The van der Waals surface area contributed by atoms with E-state index in [0.717, 1.165) is 5.69 Å². The van der Waals surface area contributed by atoms with Crippen LogP contribution in [0.15, 0.2) is 12.5 Å². The molecule has 3 heteroatoms. The monoisotopic (exact) mass is 180 g/mol. The van der Waals surface area contributed by atoms with E-state index >= 15 is 0 Å². The summed E-state index contributed by atoms with van der Waals surface area (Å²) in [4.78, 5) is 15.0. The SMILES string of the molecule is CC(=O)Cc1cn(C(C)(C)C)cn1. The van der Waals surface area contributed by atoms with Crippen LogP contribution in [0.2, 0.25) is 0 Å². The molecule has 0 saturated carbocycles. The van der Waals surface area contributed by atoms with Gasteiger partial charge in [-0.1, -0.05) is 0 Å². The summed E-state index contributed by atoms with van der Waals surface area (Å²) in [6.45, 7) is 7.89. The molecule has 0 atom stereocenters.